The van der Waals surface area contributed by atoms with Gasteiger partial charge in [0.25, 0.3) is 0 Å². The molecule has 1 atom stereocenters. The number of guanidine groups is 1. The Labute approximate surface area is 163 Å². The van der Waals surface area contributed by atoms with Crippen LogP contribution >= 0.6 is 0 Å². The topological polar surface area (TPSA) is 75.9 Å². The molecule has 2 aromatic rings. The first-order valence-electron chi connectivity index (χ1n) is 9.29. The highest BCUT2D eigenvalue weighted by Gasteiger charge is 2.03. The van der Waals surface area contributed by atoms with Gasteiger partial charge < -0.3 is 19.8 Å². The third kappa shape index (κ3) is 9.40. The normalized spacial score (nSPS) is 12.7. The summed E-state index contributed by atoms with van der Waals surface area (Å²) in [6.45, 7) is 5.22. The molecule has 0 aliphatic heterocycles. The van der Waals surface area contributed by atoms with Crippen molar-refractivity contribution in [3.05, 3.63) is 60.1 Å². The Kier molecular flexibility index (Phi) is 10.3. The highest BCUT2D eigenvalue weighted by Crippen LogP contribution is 2.03. The van der Waals surface area contributed by atoms with Gasteiger partial charge in [-0.15, -0.1) is 0 Å². The lowest BCUT2D eigenvalue weighted by atomic mass is 10.2. The van der Waals surface area contributed by atoms with Crippen LogP contribution in [0.3, 0.4) is 0 Å². The van der Waals surface area contributed by atoms with Crippen LogP contribution in [-0.4, -0.2) is 42.2 Å². The average Bonchev–Trinajstić information content (AvgIpc) is 3.18. The van der Waals surface area contributed by atoms with Crippen molar-refractivity contribution < 1.29 is 13.4 Å². The van der Waals surface area contributed by atoms with Gasteiger partial charge in [0.2, 0.25) is 0 Å². The Balaban J connectivity index is 1.60. The van der Waals surface area contributed by atoms with E-state index in [0.717, 1.165) is 30.2 Å². The van der Waals surface area contributed by atoms with Crippen molar-refractivity contribution in [2.75, 3.05) is 32.0 Å². The van der Waals surface area contributed by atoms with Crippen LogP contribution in [0.4, 0.5) is 0 Å². The third-order valence-electron chi connectivity index (χ3n) is 3.68. The molecule has 0 saturated carbocycles. The van der Waals surface area contributed by atoms with E-state index in [1.807, 2.05) is 49.4 Å². The lowest BCUT2D eigenvalue weighted by molar-refractivity contribution is 0.105. The summed E-state index contributed by atoms with van der Waals surface area (Å²) in [7, 11) is -0.890. The minimum absolute atomic E-state index is 0.488. The lowest BCUT2D eigenvalue weighted by Gasteiger charge is -2.11. The highest BCUT2D eigenvalue weighted by molar-refractivity contribution is 7.84. The summed E-state index contributed by atoms with van der Waals surface area (Å²) in [6.07, 6.45) is 2.47. The lowest BCUT2D eigenvalue weighted by Crippen LogP contribution is -2.39. The zero-order valence-electron chi connectivity index (χ0n) is 15.9. The fourth-order valence-corrected chi connectivity index (χ4v) is 3.42. The van der Waals surface area contributed by atoms with Gasteiger partial charge in [0, 0.05) is 48.5 Å². The molecule has 0 amide bonds. The molecule has 1 aromatic carbocycles. The monoisotopic (exact) mass is 391 g/mol. The van der Waals surface area contributed by atoms with Crippen LogP contribution < -0.4 is 10.6 Å². The van der Waals surface area contributed by atoms with Crippen LogP contribution in [0.25, 0.3) is 0 Å². The first-order chi connectivity index (χ1) is 13.3. The molecule has 0 aliphatic carbocycles. The highest BCUT2D eigenvalue weighted by atomic mass is 32.2. The predicted molar refractivity (Wildman–Crippen MR) is 110 cm³/mol. The molecule has 0 saturated heterocycles. The van der Waals surface area contributed by atoms with Crippen molar-refractivity contribution >= 4 is 16.8 Å². The smallest absolute Gasteiger partial charge is 0.191 e. The second kappa shape index (κ2) is 13.1. The van der Waals surface area contributed by atoms with Crippen molar-refractivity contribution in [2.24, 2.45) is 4.99 Å². The summed E-state index contributed by atoms with van der Waals surface area (Å²) < 4.78 is 22.9. The summed E-state index contributed by atoms with van der Waals surface area (Å²) in [4.78, 5) is 4.52. The molecule has 1 aromatic heterocycles. The van der Waals surface area contributed by atoms with Gasteiger partial charge in [-0.1, -0.05) is 30.3 Å². The molecule has 0 fully saturated rings. The van der Waals surface area contributed by atoms with E-state index in [4.69, 9.17) is 9.15 Å². The van der Waals surface area contributed by atoms with E-state index < -0.39 is 10.8 Å². The minimum Gasteiger partial charge on any atom is -0.467 e. The van der Waals surface area contributed by atoms with Crippen molar-refractivity contribution in [1.29, 1.82) is 0 Å². The second-order valence-corrected chi connectivity index (χ2v) is 7.52. The van der Waals surface area contributed by atoms with E-state index in [1.54, 1.807) is 6.26 Å². The number of nitrogens with one attached hydrogen (secondary N) is 2. The summed E-state index contributed by atoms with van der Waals surface area (Å²) in [6, 6.07) is 13.7. The molecule has 0 aliphatic rings. The Bertz CT molecular complexity index is 675. The van der Waals surface area contributed by atoms with E-state index in [9.17, 15) is 4.21 Å². The van der Waals surface area contributed by atoms with Crippen molar-refractivity contribution in [3.63, 3.8) is 0 Å². The molecule has 0 bridgehead atoms. The molecule has 2 N–H and O–H groups in total. The molecule has 1 heterocycles. The number of furan rings is 1. The maximum atomic E-state index is 12.2. The van der Waals surface area contributed by atoms with Crippen LogP contribution in [0.2, 0.25) is 0 Å². The van der Waals surface area contributed by atoms with Gasteiger partial charge >= 0.3 is 0 Å². The maximum absolute atomic E-state index is 12.2. The first kappa shape index (κ1) is 21.2. The molecule has 0 radical (unpaired) electrons. The van der Waals surface area contributed by atoms with E-state index >= 15 is 0 Å². The minimum atomic E-state index is -0.890. The zero-order valence-corrected chi connectivity index (χ0v) is 16.7. The zero-order chi connectivity index (χ0) is 19.2. The van der Waals surface area contributed by atoms with E-state index in [1.165, 1.54) is 0 Å². The molecule has 148 valence electrons. The average molecular weight is 392 g/mol. The Morgan fingerprint density at radius 3 is 2.78 bits per heavy atom. The quantitative estimate of drug-likeness (QED) is 0.331. The van der Waals surface area contributed by atoms with E-state index in [0.29, 0.717) is 37.8 Å². The van der Waals surface area contributed by atoms with Crippen LogP contribution in [0.5, 0.6) is 0 Å². The Morgan fingerprint density at radius 1 is 1.19 bits per heavy atom. The predicted octanol–water partition coefficient (Wildman–Crippen LogP) is 2.69. The largest absolute Gasteiger partial charge is 0.467 e. The summed E-state index contributed by atoms with van der Waals surface area (Å²) in [5.74, 6) is 2.76. The molecule has 27 heavy (non-hydrogen) atoms. The third-order valence-corrected chi connectivity index (χ3v) is 4.99. The van der Waals surface area contributed by atoms with E-state index in [-0.39, 0.29) is 0 Å². The molecule has 1 unspecified atom stereocenters. The number of nitrogens with zero attached hydrogens (tertiary/aromatic N) is 1. The van der Waals surface area contributed by atoms with Gasteiger partial charge in [-0.25, -0.2) is 0 Å². The van der Waals surface area contributed by atoms with Crippen LogP contribution in [-0.2, 0) is 27.9 Å². The summed E-state index contributed by atoms with van der Waals surface area (Å²) in [5.41, 5.74) is 1.10. The van der Waals surface area contributed by atoms with Gasteiger partial charge in [-0.3, -0.25) is 9.20 Å². The van der Waals surface area contributed by atoms with Crippen molar-refractivity contribution in [2.45, 2.75) is 25.7 Å². The summed E-state index contributed by atoms with van der Waals surface area (Å²) in [5, 5.41) is 6.44. The molecule has 7 heteroatoms. The van der Waals surface area contributed by atoms with Crippen LogP contribution in [0.1, 0.15) is 24.7 Å². The van der Waals surface area contributed by atoms with Gasteiger partial charge in [0.1, 0.15) is 12.4 Å². The van der Waals surface area contributed by atoms with Gasteiger partial charge in [0.05, 0.1) is 6.26 Å². The van der Waals surface area contributed by atoms with Crippen LogP contribution in [0.15, 0.2) is 58.1 Å². The standard InChI is InChI=1S/C20H29N3O3S/c1-2-21-20(22-11-7-13-25-16-19-10-6-14-26-19)23-12-15-27(24)17-18-8-4-3-5-9-18/h3-6,8-10,14H,2,7,11-13,15-17H2,1H3,(H2,21,22,23). The van der Waals surface area contributed by atoms with Crippen molar-refractivity contribution in [1.82, 2.24) is 10.6 Å². The number of rotatable bonds is 12. The number of benzene rings is 1. The second-order valence-electron chi connectivity index (χ2n) is 5.95. The molecular formula is C20H29N3O3S. The fourth-order valence-electron chi connectivity index (χ4n) is 2.38. The SMILES string of the molecule is CCNC(=NCCCOCc1ccco1)NCCS(=O)Cc1ccccc1. The van der Waals surface area contributed by atoms with Crippen molar-refractivity contribution in [3.8, 4) is 0 Å². The van der Waals surface area contributed by atoms with Crippen LogP contribution in [0, 0.1) is 0 Å². The Morgan fingerprint density at radius 2 is 2.04 bits per heavy atom. The maximum Gasteiger partial charge on any atom is 0.191 e. The van der Waals surface area contributed by atoms with E-state index in [2.05, 4.69) is 15.6 Å². The van der Waals surface area contributed by atoms with Gasteiger partial charge in [-0.05, 0) is 31.0 Å². The summed E-state index contributed by atoms with van der Waals surface area (Å²) >= 11 is 0. The molecule has 6 nitrogen and oxygen atoms in total. The van der Waals surface area contributed by atoms with Gasteiger partial charge in [-0.2, -0.15) is 0 Å². The molecule has 0 spiro atoms. The molecule has 2 rings (SSSR count). The number of ether oxygens (including phenoxy) is 1. The number of hydrogen-bond donors (Lipinski definition) is 2. The number of hydrogen-bond acceptors (Lipinski definition) is 4. The molecular weight excluding hydrogens is 362 g/mol. The first-order valence-corrected chi connectivity index (χ1v) is 10.8. The van der Waals surface area contributed by atoms with Gasteiger partial charge in [0.15, 0.2) is 5.96 Å². The Hall–Kier alpha value is -2.12. The number of aliphatic imine (C=N–C) groups is 1. The fraction of sp³-hybridized carbons (Fsp3) is 0.450.